The lowest BCUT2D eigenvalue weighted by Crippen LogP contribution is -2.12. The van der Waals surface area contributed by atoms with Gasteiger partial charge >= 0.3 is 5.97 Å². The standard InChI is InChI=1S/C16H14N2O3/c1-3-21-16(20)13(9-17)8-12-7-11-6-4-5-10(2)14(11)18-15(12)19/h4-8H,3H2,1-2H3,(H,18,19)/b13-8+. The number of pyridine rings is 1. The number of carbonyl (C=O) groups is 1. The van der Waals surface area contributed by atoms with E-state index in [1.807, 2.05) is 25.1 Å². The van der Waals surface area contributed by atoms with Gasteiger partial charge < -0.3 is 9.72 Å². The van der Waals surface area contributed by atoms with E-state index in [0.29, 0.717) is 0 Å². The topological polar surface area (TPSA) is 82.9 Å². The SMILES string of the molecule is CCOC(=O)/C(C#N)=C/c1cc2cccc(C)c2[nH]c1=O. The maximum atomic E-state index is 12.1. The average Bonchev–Trinajstić information content (AvgIpc) is 2.46. The number of nitrogens with one attached hydrogen (secondary N) is 1. The fourth-order valence-electron chi connectivity index (χ4n) is 2.01. The molecule has 2 rings (SSSR count). The molecule has 0 atom stereocenters. The summed E-state index contributed by atoms with van der Waals surface area (Å²) >= 11 is 0. The minimum absolute atomic E-state index is 0.172. The summed E-state index contributed by atoms with van der Waals surface area (Å²) in [7, 11) is 0. The number of aromatic nitrogens is 1. The molecule has 21 heavy (non-hydrogen) atoms. The van der Waals surface area contributed by atoms with Crippen molar-refractivity contribution in [3.63, 3.8) is 0 Å². The molecular weight excluding hydrogens is 268 g/mol. The van der Waals surface area contributed by atoms with Crippen LogP contribution in [0.15, 0.2) is 34.6 Å². The minimum Gasteiger partial charge on any atom is -0.462 e. The highest BCUT2D eigenvalue weighted by Crippen LogP contribution is 2.16. The largest absolute Gasteiger partial charge is 0.462 e. The monoisotopic (exact) mass is 282 g/mol. The zero-order valence-corrected chi connectivity index (χ0v) is 11.8. The summed E-state index contributed by atoms with van der Waals surface area (Å²) in [6.45, 7) is 3.72. The Labute approximate surface area is 121 Å². The normalized spacial score (nSPS) is 11.2. The third-order valence-electron chi connectivity index (χ3n) is 3.03. The molecule has 0 saturated carbocycles. The van der Waals surface area contributed by atoms with Gasteiger partial charge in [0.15, 0.2) is 0 Å². The Morgan fingerprint density at radius 1 is 1.48 bits per heavy atom. The van der Waals surface area contributed by atoms with Crippen molar-refractivity contribution in [1.29, 1.82) is 5.26 Å². The molecule has 0 aliphatic carbocycles. The van der Waals surface area contributed by atoms with Gasteiger partial charge in [0, 0.05) is 5.56 Å². The molecule has 106 valence electrons. The van der Waals surface area contributed by atoms with Gasteiger partial charge in [-0.2, -0.15) is 5.26 Å². The maximum absolute atomic E-state index is 12.1. The molecule has 1 aromatic heterocycles. The number of fused-ring (bicyclic) bond motifs is 1. The first kappa shape index (κ1) is 14.5. The Morgan fingerprint density at radius 2 is 2.24 bits per heavy atom. The second kappa shape index (κ2) is 6.06. The van der Waals surface area contributed by atoms with E-state index in [9.17, 15) is 9.59 Å². The number of nitriles is 1. The van der Waals surface area contributed by atoms with Gasteiger partial charge in [0.05, 0.1) is 12.1 Å². The summed E-state index contributed by atoms with van der Waals surface area (Å²) in [6, 6.07) is 9.03. The van der Waals surface area contributed by atoms with Gasteiger partial charge in [-0.25, -0.2) is 4.79 Å². The van der Waals surface area contributed by atoms with E-state index >= 15 is 0 Å². The molecule has 1 aromatic carbocycles. The van der Waals surface area contributed by atoms with Crippen LogP contribution in [0.5, 0.6) is 0 Å². The number of rotatable bonds is 3. The van der Waals surface area contributed by atoms with E-state index in [2.05, 4.69) is 4.98 Å². The van der Waals surface area contributed by atoms with Crippen molar-refractivity contribution in [3.8, 4) is 6.07 Å². The number of aromatic amines is 1. The molecule has 0 unspecified atom stereocenters. The lowest BCUT2D eigenvalue weighted by atomic mass is 10.1. The number of benzene rings is 1. The number of H-pyrrole nitrogens is 1. The number of hydrogen-bond donors (Lipinski definition) is 1. The van der Waals surface area contributed by atoms with E-state index < -0.39 is 5.97 Å². The summed E-state index contributed by atoms with van der Waals surface area (Å²) in [5, 5.41) is 9.84. The summed E-state index contributed by atoms with van der Waals surface area (Å²) < 4.78 is 4.77. The first-order chi connectivity index (χ1) is 10.1. The molecule has 0 radical (unpaired) electrons. The van der Waals surface area contributed by atoms with Crippen LogP contribution >= 0.6 is 0 Å². The molecule has 2 aromatic rings. The summed E-state index contributed by atoms with van der Waals surface area (Å²) in [5.74, 6) is -0.733. The predicted octanol–water partition coefficient (Wildman–Crippen LogP) is 2.31. The molecule has 0 bridgehead atoms. The second-order valence-corrected chi connectivity index (χ2v) is 4.48. The number of hydrogen-bond acceptors (Lipinski definition) is 4. The first-order valence-corrected chi connectivity index (χ1v) is 6.48. The van der Waals surface area contributed by atoms with Crippen LogP contribution in [-0.2, 0) is 9.53 Å². The molecule has 1 N–H and O–H groups in total. The van der Waals surface area contributed by atoms with Crippen molar-refractivity contribution < 1.29 is 9.53 Å². The van der Waals surface area contributed by atoms with Crippen molar-refractivity contribution in [2.45, 2.75) is 13.8 Å². The van der Waals surface area contributed by atoms with Crippen molar-refractivity contribution in [3.05, 3.63) is 51.3 Å². The fraction of sp³-hybridized carbons (Fsp3) is 0.188. The Balaban J connectivity index is 2.57. The van der Waals surface area contributed by atoms with E-state index in [1.165, 1.54) is 6.08 Å². The van der Waals surface area contributed by atoms with Gasteiger partial charge in [0.1, 0.15) is 11.6 Å². The number of esters is 1. The van der Waals surface area contributed by atoms with E-state index in [1.54, 1.807) is 19.1 Å². The van der Waals surface area contributed by atoms with E-state index in [-0.39, 0.29) is 23.3 Å². The second-order valence-electron chi connectivity index (χ2n) is 4.48. The number of aryl methyl sites for hydroxylation is 1. The average molecular weight is 282 g/mol. The van der Waals surface area contributed by atoms with Gasteiger partial charge in [0.2, 0.25) is 0 Å². The molecular formula is C16H14N2O3. The van der Waals surface area contributed by atoms with Gasteiger partial charge in [-0.15, -0.1) is 0 Å². The number of para-hydroxylation sites is 1. The zero-order valence-electron chi connectivity index (χ0n) is 11.8. The predicted molar refractivity (Wildman–Crippen MR) is 79.5 cm³/mol. The van der Waals surface area contributed by atoms with Crippen LogP contribution in [0.2, 0.25) is 0 Å². The highest BCUT2D eigenvalue weighted by molar-refractivity contribution is 5.98. The van der Waals surface area contributed by atoms with Crippen LogP contribution in [0.3, 0.4) is 0 Å². The fourth-order valence-corrected chi connectivity index (χ4v) is 2.01. The lowest BCUT2D eigenvalue weighted by molar-refractivity contribution is -0.137. The third-order valence-corrected chi connectivity index (χ3v) is 3.03. The van der Waals surface area contributed by atoms with Crippen LogP contribution in [0.25, 0.3) is 17.0 Å². The van der Waals surface area contributed by atoms with Gasteiger partial charge in [0.25, 0.3) is 5.56 Å². The number of carbonyl (C=O) groups excluding carboxylic acids is 1. The van der Waals surface area contributed by atoms with Crippen LogP contribution < -0.4 is 5.56 Å². The zero-order chi connectivity index (χ0) is 15.4. The Hall–Kier alpha value is -2.87. The van der Waals surface area contributed by atoms with Gasteiger partial charge in [-0.1, -0.05) is 18.2 Å². The van der Waals surface area contributed by atoms with E-state index in [4.69, 9.17) is 10.00 Å². The van der Waals surface area contributed by atoms with Crippen LogP contribution in [0.4, 0.5) is 0 Å². The minimum atomic E-state index is -0.733. The van der Waals surface area contributed by atoms with Crippen molar-refractivity contribution in [2.24, 2.45) is 0 Å². The molecule has 5 nitrogen and oxygen atoms in total. The quantitative estimate of drug-likeness (QED) is 0.532. The Kier molecular flexibility index (Phi) is 4.19. The Morgan fingerprint density at radius 3 is 2.90 bits per heavy atom. The molecule has 5 heteroatoms. The van der Waals surface area contributed by atoms with Crippen molar-refractivity contribution in [2.75, 3.05) is 6.61 Å². The number of ether oxygens (including phenoxy) is 1. The van der Waals surface area contributed by atoms with Crippen molar-refractivity contribution >= 4 is 22.9 Å². The van der Waals surface area contributed by atoms with Crippen LogP contribution in [-0.4, -0.2) is 17.6 Å². The Bertz CT molecular complexity index is 826. The summed E-state index contributed by atoms with van der Waals surface area (Å²) in [5.41, 5.74) is 1.39. The van der Waals surface area contributed by atoms with Crippen LogP contribution in [0.1, 0.15) is 18.1 Å². The number of nitrogens with zero attached hydrogens (tertiary/aromatic N) is 1. The summed E-state index contributed by atoms with van der Waals surface area (Å²) in [6.07, 6.45) is 1.25. The molecule has 0 fully saturated rings. The third kappa shape index (κ3) is 3.00. The van der Waals surface area contributed by atoms with Gasteiger partial charge in [-0.3, -0.25) is 4.79 Å². The molecule has 0 amide bonds. The van der Waals surface area contributed by atoms with Crippen molar-refractivity contribution in [1.82, 2.24) is 4.98 Å². The highest BCUT2D eigenvalue weighted by atomic mass is 16.5. The first-order valence-electron chi connectivity index (χ1n) is 6.48. The van der Waals surface area contributed by atoms with Gasteiger partial charge in [-0.05, 0) is 36.9 Å². The molecule has 0 spiro atoms. The molecule has 0 aliphatic heterocycles. The summed E-state index contributed by atoms with van der Waals surface area (Å²) in [4.78, 5) is 26.4. The van der Waals surface area contributed by atoms with Crippen LogP contribution in [0, 0.1) is 18.3 Å². The molecule has 1 heterocycles. The molecule has 0 aliphatic rings. The lowest BCUT2D eigenvalue weighted by Gasteiger charge is -2.03. The maximum Gasteiger partial charge on any atom is 0.348 e. The van der Waals surface area contributed by atoms with E-state index in [0.717, 1.165) is 16.5 Å². The molecule has 0 saturated heterocycles. The smallest absolute Gasteiger partial charge is 0.348 e. The highest BCUT2D eigenvalue weighted by Gasteiger charge is 2.11.